The zero-order valence-electron chi connectivity index (χ0n) is 11.2. The van der Waals surface area contributed by atoms with Gasteiger partial charge in [0, 0.05) is 11.2 Å². The molecule has 0 unspecified atom stereocenters. The van der Waals surface area contributed by atoms with Gasteiger partial charge in [0.15, 0.2) is 0 Å². The first-order valence-corrected chi connectivity index (χ1v) is 5.88. The average Bonchev–Trinajstić information content (AvgIpc) is 2.27. The second-order valence-electron chi connectivity index (χ2n) is 5.11. The summed E-state index contributed by atoms with van der Waals surface area (Å²) in [4.78, 5) is 22.9. The number of hydrogen-bond donors (Lipinski definition) is 3. The van der Waals surface area contributed by atoms with E-state index in [1.54, 1.807) is 0 Å². The highest BCUT2D eigenvalue weighted by Crippen LogP contribution is 2.07. The highest BCUT2D eigenvalue weighted by molar-refractivity contribution is 5.92. The molecule has 3 N–H and O–H groups in total. The standard InChI is InChI=1S/C13H18FN3O2/c1-13(2,3)17-11(18)8-15-12(19)16-10-6-4-9(14)5-7-10/h4-7H,8H2,1-3H3,(H,17,18)(H2,15,16,19). The van der Waals surface area contributed by atoms with Gasteiger partial charge in [-0.25, -0.2) is 9.18 Å². The predicted molar refractivity (Wildman–Crippen MR) is 71.3 cm³/mol. The van der Waals surface area contributed by atoms with Gasteiger partial charge in [0.1, 0.15) is 5.82 Å². The van der Waals surface area contributed by atoms with Crippen molar-refractivity contribution in [2.45, 2.75) is 26.3 Å². The lowest BCUT2D eigenvalue weighted by Gasteiger charge is -2.20. The molecule has 1 aromatic rings. The fourth-order valence-corrected chi connectivity index (χ4v) is 1.33. The smallest absolute Gasteiger partial charge is 0.319 e. The number of carbonyl (C=O) groups is 2. The highest BCUT2D eigenvalue weighted by atomic mass is 19.1. The van der Waals surface area contributed by atoms with Gasteiger partial charge in [-0.3, -0.25) is 4.79 Å². The molecule has 0 saturated heterocycles. The molecule has 0 radical (unpaired) electrons. The van der Waals surface area contributed by atoms with E-state index in [4.69, 9.17) is 0 Å². The van der Waals surface area contributed by atoms with E-state index in [-0.39, 0.29) is 23.8 Å². The maximum Gasteiger partial charge on any atom is 0.319 e. The van der Waals surface area contributed by atoms with Gasteiger partial charge in [0.05, 0.1) is 6.54 Å². The summed E-state index contributed by atoms with van der Waals surface area (Å²) >= 11 is 0. The first-order valence-electron chi connectivity index (χ1n) is 5.88. The molecule has 0 bridgehead atoms. The van der Waals surface area contributed by atoms with E-state index in [9.17, 15) is 14.0 Å². The summed E-state index contributed by atoms with van der Waals surface area (Å²) in [5, 5.41) is 7.62. The Morgan fingerprint density at radius 3 is 2.26 bits per heavy atom. The molecule has 5 nitrogen and oxygen atoms in total. The van der Waals surface area contributed by atoms with Crippen LogP contribution < -0.4 is 16.0 Å². The first-order chi connectivity index (χ1) is 8.76. The third-order valence-corrected chi connectivity index (χ3v) is 2.03. The minimum absolute atomic E-state index is 0.121. The van der Waals surface area contributed by atoms with Crippen molar-refractivity contribution in [2.75, 3.05) is 11.9 Å². The molecule has 0 aliphatic carbocycles. The number of benzene rings is 1. The minimum Gasteiger partial charge on any atom is -0.350 e. The molecule has 3 amide bonds. The molecule has 1 aromatic carbocycles. The van der Waals surface area contributed by atoms with Crippen molar-refractivity contribution in [1.29, 1.82) is 0 Å². The quantitative estimate of drug-likeness (QED) is 0.782. The third-order valence-electron chi connectivity index (χ3n) is 2.03. The number of hydrogen-bond acceptors (Lipinski definition) is 2. The summed E-state index contributed by atoms with van der Waals surface area (Å²) in [6.07, 6.45) is 0. The van der Waals surface area contributed by atoms with Crippen LogP contribution in [0.1, 0.15) is 20.8 Å². The lowest BCUT2D eigenvalue weighted by molar-refractivity contribution is -0.121. The van der Waals surface area contributed by atoms with Crippen molar-refractivity contribution < 1.29 is 14.0 Å². The molecular weight excluding hydrogens is 249 g/mol. The Labute approximate surface area is 111 Å². The normalized spacial score (nSPS) is 10.7. The second-order valence-corrected chi connectivity index (χ2v) is 5.11. The molecule has 0 aromatic heterocycles. The van der Waals surface area contributed by atoms with Crippen molar-refractivity contribution in [1.82, 2.24) is 10.6 Å². The van der Waals surface area contributed by atoms with Crippen LogP contribution in [0.5, 0.6) is 0 Å². The molecule has 104 valence electrons. The van der Waals surface area contributed by atoms with Crippen molar-refractivity contribution in [3.8, 4) is 0 Å². The van der Waals surface area contributed by atoms with Gasteiger partial charge in [-0.1, -0.05) is 0 Å². The van der Waals surface area contributed by atoms with E-state index in [0.717, 1.165) is 0 Å². The van der Waals surface area contributed by atoms with Gasteiger partial charge >= 0.3 is 6.03 Å². The fraction of sp³-hybridized carbons (Fsp3) is 0.385. The Morgan fingerprint density at radius 2 is 1.74 bits per heavy atom. The van der Waals surface area contributed by atoms with Crippen LogP contribution in [-0.2, 0) is 4.79 Å². The van der Waals surface area contributed by atoms with Crippen molar-refractivity contribution in [3.05, 3.63) is 30.1 Å². The van der Waals surface area contributed by atoms with Gasteiger partial charge in [0.25, 0.3) is 0 Å². The van der Waals surface area contributed by atoms with E-state index in [2.05, 4.69) is 16.0 Å². The van der Waals surface area contributed by atoms with Gasteiger partial charge in [0.2, 0.25) is 5.91 Å². The topological polar surface area (TPSA) is 70.2 Å². The molecule has 0 saturated carbocycles. The number of urea groups is 1. The van der Waals surface area contributed by atoms with E-state index in [1.165, 1.54) is 24.3 Å². The average molecular weight is 267 g/mol. The molecule has 0 aliphatic heterocycles. The van der Waals surface area contributed by atoms with Gasteiger partial charge in [-0.2, -0.15) is 0 Å². The van der Waals surface area contributed by atoms with Crippen LogP contribution in [0.3, 0.4) is 0 Å². The molecule has 1 rings (SSSR count). The fourth-order valence-electron chi connectivity index (χ4n) is 1.33. The monoisotopic (exact) mass is 267 g/mol. The van der Waals surface area contributed by atoms with E-state index in [1.807, 2.05) is 20.8 Å². The highest BCUT2D eigenvalue weighted by Gasteiger charge is 2.14. The summed E-state index contributed by atoms with van der Waals surface area (Å²) in [5.74, 6) is -0.655. The summed E-state index contributed by atoms with van der Waals surface area (Å²) in [7, 11) is 0. The summed E-state index contributed by atoms with van der Waals surface area (Å²) in [5.41, 5.74) is 0.113. The Morgan fingerprint density at radius 1 is 1.16 bits per heavy atom. The number of nitrogens with one attached hydrogen (secondary N) is 3. The molecule has 0 heterocycles. The lowest BCUT2D eigenvalue weighted by Crippen LogP contribution is -2.46. The Balaban J connectivity index is 2.36. The van der Waals surface area contributed by atoms with Crippen molar-refractivity contribution >= 4 is 17.6 Å². The van der Waals surface area contributed by atoms with Crippen LogP contribution in [0.4, 0.5) is 14.9 Å². The van der Waals surface area contributed by atoms with Crippen LogP contribution in [-0.4, -0.2) is 24.0 Å². The molecule has 0 aliphatic rings. The van der Waals surface area contributed by atoms with Crippen LogP contribution in [0.15, 0.2) is 24.3 Å². The van der Waals surface area contributed by atoms with Crippen LogP contribution in [0.2, 0.25) is 0 Å². The lowest BCUT2D eigenvalue weighted by atomic mass is 10.1. The first kappa shape index (κ1) is 14.9. The van der Waals surface area contributed by atoms with E-state index >= 15 is 0 Å². The maximum atomic E-state index is 12.7. The SMILES string of the molecule is CC(C)(C)NC(=O)CNC(=O)Nc1ccc(F)cc1. The van der Waals surface area contributed by atoms with E-state index < -0.39 is 6.03 Å². The summed E-state index contributed by atoms with van der Waals surface area (Å²) in [6.45, 7) is 5.43. The van der Waals surface area contributed by atoms with Crippen molar-refractivity contribution in [3.63, 3.8) is 0 Å². The molecule has 0 spiro atoms. The molecular formula is C13H18FN3O2. The van der Waals surface area contributed by atoms with Gasteiger partial charge in [-0.05, 0) is 45.0 Å². The van der Waals surface area contributed by atoms with Crippen LogP contribution in [0.25, 0.3) is 0 Å². The maximum absolute atomic E-state index is 12.7. The number of rotatable bonds is 3. The Kier molecular flexibility index (Phi) is 4.86. The van der Waals surface area contributed by atoms with Gasteiger partial charge in [-0.15, -0.1) is 0 Å². The van der Waals surface area contributed by atoms with Gasteiger partial charge < -0.3 is 16.0 Å². The summed E-state index contributed by atoms with van der Waals surface area (Å²) in [6, 6.07) is 4.83. The zero-order chi connectivity index (χ0) is 14.5. The summed E-state index contributed by atoms with van der Waals surface area (Å²) < 4.78 is 12.7. The molecule has 19 heavy (non-hydrogen) atoms. The predicted octanol–water partition coefficient (Wildman–Crippen LogP) is 1.86. The molecule has 0 atom stereocenters. The largest absolute Gasteiger partial charge is 0.350 e. The van der Waals surface area contributed by atoms with Crippen LogP contribution in [0, 0.1) is 5.82 Å². The van der Waals surface area contributed by atoms with Crippen molar-refractivity contribution in [2.24, 2.45) is 0 Å². The minimum atomic E-state index is -0.518. The number of anilines is 1. The molecule has 0 fully saturated rings. The number of halogens is 1. The number of amides is 3. The Hall–Kier alpha value is -2.11. The number of carbonyl (C=O) groups excluding carboxylic acids is 2. The van der Waals surface area contributed by atoms with E-state index in [0.29, 0.717) is 5.69 Å². The third kappa shape index (κ3) is 6.40. The molecule has 6 heteroatoms. The zero-order valence-corrected chi connectivity index (χ0v) is 11.2. The van der Waals surface area contributed by atoms with Crippen LogP contribution >= 0.6 is 0 Å². The second kappa shape index (κ2) is 6.17. The Bertz CT molecular complexity index is 452.